The molecule has 0 bridgehead atoms. The summed E-state index contributed by atoms with van der Waals surface area (Å²) in [7, 11) is 0. The lowest BCUT2D eigenvalue weighted by atomic mass is 9.86. The Labute approximate surface area is 73.5 Å². The van der Waals surface area contributed by atoms with E-state index in [1.165, 1.54) is 0 Å². The Hall–Kier alpha value is -0.960. The predicted octanol–water partition coefficient (Wildman–Crippen LogP) is 0.996. The first-order chi connectivity index (χ1) is 5.55. The van der Waals surface area contributed by atoms with Gasteiger partial charge in [-0.25, -0.2) is 0 Å². The van der Waals surface area contributed by atoms with Crippen LogP contribution in [0.4, 0.5) is 0 Å². The predicted molar refractivity (Wildman–Crippen MR) is 50.7 cm³/mol. The standard InChI is InChI=1S/C9H17N3/c1-9(2)5-3-7(10)8(12-11)4-6-9/h3-4,12H,5-6,10-11H2,1-2H3. The first-order valence-corrected chi connectivity index (χ1v) is 4.18. The zero-order chi connectivity index (χ0) is 9.19. The van der Waals surface area contributed by atoms with Crippen molar-refractivity contribution in [3.63, 3.8) is 0 Å². The van der Waals surface area contributed by atoms with E-state index < -0.39 is 0 Å². The Balaban J connectivity index is 2.84. The molecule has 0 heterocycles. The molecule has 3 nitrogen and oxygen atoms in total. The fourth-order valence-corrected chi connectivity index (χ4v) is 1.22. The van der Waals surface area contributed by atoms with Gasteiger partial charge in [-0.1, -0.05) is 26.0 Å². The van der Waals surface area contributed by atoms with Gasteiger partial charge in [0.05, 0.1) is 11.4 Å². The largest absolute Gasteiger partial charge is 0.397 e. The lowest BCUT2D eigenvalue weighted by Gasteiger charge is -2.19. The van der Waals surface area contributed by atoms with E-state index in [9.17, 15) is 0 Å². The molecular weight excluding hydrogens is 150 g/mol. The third kappa shape index (κ3) is 2.01. The lowest BCUT2D eigenvalue weighted by Crippen LogP contribution is -2.24. The zero-order valence-electron chi connectivity index (χ0n) is 7.72. The van der Waals surface area contributed by atoms with E-state index in [1.54, 1.807) is 0 Å². The molecule has 0 aromatic rings. The highest BCUT2D eigenvalue weighted by Crippen LogP contribution is 2.29. The number of hydrogen-bond donors (Lipinski definition) is 3. The molecule has 12 heavy (non-hydrogen) atoms. The lowest BCUT2D eigenvalue weighted by molar-refractivity contribution is 0.378. The molecule has 0 amide bonds. The topological polar surface area (TPSA) is 64.1 Å². The maximum atomic E-state index is 5.76. The summed E-state index contributed by atoms with van der Waals surface area (Å²) in [5, 5.41) is 0. The van der Waals surface area contributed by atoms with Crippen molar-refractivity contribution < 1.29 is 0 Å². The summed E-state index contributed by atoms with van der Waals surface area (Å²) in [4.78, 5) is 0. The fraction of sp³-hybridized carbons (Fsp3) is 0.556. The van der Waals surface area contributed by atoms with Crippen LogP contribution < -0.4 is 17.0 Å². The summed E-state index contributed by atoms with van der Waals surface area (Å²) in [5.74, 6) is 5.31. The first kappa shape index (κ1) is 9.13. The van der Waals surface area contributed by atoms with Crippen LogP contribution in [0.2, 0.25) is 0 Å². The molecule has 0 atom stereocenters. The van der Waals surface area contributed by atoms with E-state index in [-0.39, 0.29) is 0 Å². The molecule has 1 aliphatic rings. The van der Waals surface area contributed by atoms with Gasteiger partial charge in [-0.15, -0.1) is 0 Å². The maximum Gasteiger partial charge on any atom is 0.0672 e. The van der Waals surface area contributed by atoms with Gasteiger partial charge in [0.1, 0.15) is 0 Å². The number of allylic oxidation sites excluding steroid dienone is 2. The van der Waals surface area contributed by atoms with Gasteiger partial charge in [-0.05, 0) is 18.3 Å². The third-order valence-electron chi connectivity index (χ3n) is 2.20. The Morgan fingerprint density at radius 1 is 1.33 bits per heavy atom. The van der Waals surface area contributed by atoms with E-state index in [1.807, 2.05) is 6.08 Å². The van der Waals surface area contributed by atoms with Crippen LogP contribution in [0.15, 0.2) is 23.5 Å². The van der Waals surface area contributed by atoms with Crippen LogP contribution in [0.3, 0.4) is 0 Å². The van der Waals surface area contributed by atoms with Crippen LogP contribution in [0.25, 0.3) is 0 Å². The second-order valence-corrected chi connectivity index (χ2v) is 3.99. The minimum absolute atomic E-state index is 0.295. The van der Waals surface area contributed by atoms with E-state index in [2.05, 4.69) is 25.3 Å². The summed E-state index contributed by atoms with van der Waals surface area (Å²) in [6.07, 6.45) is 6.09. The van der Waals surface area contributed by atoms with Crippen LogP contribution in [0, 0.1) is 5.41 Å². The van der Waals surface area contributed by atoms with Crippen LogP contribution >= 0.6 is 0 Å². The number of hydrazine groups is 1. The highest BCUT2D eigenvalue weighted by Gasteiger charge is 2.18. The molecule has 0 spiro atoms. The molecule has 0 radical (unpaired) electrons. The Morgan fingerprint density at radius 2 is 1.92 bits per heavy atom. The Kier molecular flexibility index (Phi) is 2.43. The molecule has 68 valence electrons. The maximum absolute atomic E-state index is 5.76. The molecule has 1 rings (SSSR count). The van der Waals surface area contributed by atoms with E-state index in [0.717, 1.165) is 24.2 Å². The van der Waals surface area contributed by atoms with Crippen molar-refractivity contribution in [3.8, 4) is 0 Å². The highest BCUT2D eigenvalue weighted by atomic mass is 15.2. The third-order valence-corrected chi connectivity index (χ3v) is 2.20. The average molecular weight is 167 g/mol. The van der Waals surface area contributed by atoms with E-state index in [4.69, 9.17) is 11.6 Å². The highest BCUT2D eigenvalue weighted by molar-refractivity contribution is 5.28. The van der Waals surface area contributed by atoms with Gasteiger partial charge in [0.25, 0.3) is 0 Å². The minimum Gasteiger partial charge on any atom is -0.397 e. The Morgan fingerprint density at radius 3 is 2.50 bits per heavy atom. The van der Waals surface area contributed by atoms with Gasteiger partial charge in [0.15, 0.2) is 0 Å². The second kappa shape index (κ2) is 3.19. The molecule has 0 unspecified atom stereocenters. The van der Waals surface area contributed by atoms with Crippen LogP contribution in [0.1, 0.15) is 26.7 Å². The quantitative estimate of drug-likeness (QED) is 0.403. The zero-order valence-corrected chi connectivity index (χ0v) is 7.72. The normalized spacial score (nSPS) is 22.2. The van der Waals surface area contributed by atoms with Crippen molar-refractivity contribution in [2.24, 2.45) is 17.0 Å². The van der Waals surface area contributed by atoms with Crippen molar-refractivity contribution in [3.05, 3.63) is 23.5 Å². The van der Waals surface area contributed by atoms with Gasteiger partial charge < -0.3 is 11.2 Å². The van der Waals surface area contributed by atoms with Gasteiger partial charge in [0.2, 0.25) is 0 Å². The molecular formula is C9H17N3. The smallest absolute Gasteiger partial charge is 0.0672 e. The molecule has 3 heteroatoms. The second-order valence-electron chi connectivity index (χ2n) is 3.99. The average Bonchev–Trinajstić information content (AvgIpc) is 2.13. The first-order valence-electron chi connectivity index (χ1n) is 4.18. The number of hydrogen-bond acceptors (Lipinski definition) is 3. The van der Waals surface area contributed by atoms with Crippen molar-refractivity contribution in [1.82, 2.24) is 5.43 Å². The number of nitrogens with two attached hydrogens (primary N) is 2. The monoisotopic (exact) mass is 167 g/mol. The van der Waals surface area contributed by atoms with Crippen molar-refractivity contribution in [1.29, 1.82) is 0 Å². The molecule has 0 aliphatic heterocycles. The van der Waals surface area contributed by atoms with Crippen LogP contribution in [-0.2, 0) is 0 Å². The molecule has 0 aromatic heterocycles. The van der Waals surface area contributed by atoms with Crippen molar-refractivity contribution in [2.45, 2.75) is 26.7 Å². The fourth-order valence-electron chi connectivity index (χ4n) is 1.22. The summed E-state index contributed by atoms with van der Waals surface area (Å²) in [5.41, 5.74) is 10.3. The molecule has 5 N–H and O–H groups in total. The summed E-state index contributed by atoms with van der Waals surface area (Å²) >= 11 is 0. The SMILES string of the molecule is CC1(C)CC=C(N)C(NN)=CC1. The van der Waals surface area contributed by atoms with Gasteiger partial charge >= 0.3 is 0 Å². The molecule has 1 aliphatic carbocycles. The van der Waals surface area contributed by atoms with Gasteiger partial charge in [-0.3, -0.25) is 5.84 Å². The van der Waals surface area contributed by atoms with Crippen LogP contribution in [0.5, 0.6) is 0 Å². The number of nitrogens with one attached hydrogen (secondary N) is 1. The number of rotatable bonds is 1. The summed E-state index contributed by atoms with van der Waals surface area (Å²) in [6, 6.07) is 0. The summed E-state index contributed by atoms with van der Waals surface area (Å²) in [6.45, 7) is 4.43. The molecule has 0 aromatic carbocycles. The van der Waals surface area contributed by atoms with Crippen LogP contribution in [-0.4, -0.2) is 0 Å². The molecule has 0 saturated carbocycles. The summed E-state index contributed by atoms with van der Waals surface area (Å²) < 4.78 is 0. The van der Waals surface area contributed by atoms with Gasteiger partial charge in [-0.2, -0.15) is 0 Å². The molecule has 0 saturated heterocycles. The van der Waals surface area contributed by atoms with Gasteiger partial charge in [0, 0.05) is 0 Å². The molecule has 0 fully saturated rings. The van der Waals surface area contributed by atoms with E-state index >= 15 is 0 Å². The Bertz CT molecular complexity index is 226. The van der Waals surface area contributed by atoms with Crippen molar-refractivity contribution >= 4 is 0 Å². The van der Waals surface area contributed by atoms with E-state index in [0.29, 0.717) is 5.41 Å². The minimum atomic E-state index is 0.295. The van der Waals surface area contributed by atoms with Crippen molar-refractivity contribution in [2.75, 3.05) is 0 Å².